The molecule has 25 heavy (non-hydrogen) atoms. The second kappa shape index (κ2) is 6.92. The van der Waals surface area contributed by atoms with Crippen molar-refractivity contribution in [2.45, 2.75) is 36.2 Å². The first kappa shape index (κ1) is 16.8. The fourth-order valence-corrected chi connectivity index (χ4v) is 4.08. The number of hydrogen-bond acceptors (Lipinski definition) is 5. The predicted octanol–water partition coefficient (Wildman–Crippen LogP) is 3.58. The van der Waals surface area contributed by atoms with E-state index < -0.39 is 11.6 Å². The van der Waals surface area contributed by atoms with Crippen LogP contribution in [0, 0.1) is 11.6 Å². The van der Waals surface area contributed by atoms with E-state index in [1.54, 1.807) is 0 Å². The van der Waals surface area contributed by atoms with Gasteiger partial charge >= 0.3 is 0 Å². The van der Waals surface area contributed by atoms with Crippen LogP contribution in [0.4, 0.5) is 14.7 Å². The van der Waals surface area contributed by atoms with Gasteiger partial charge in [0.2, 0.25) is 5.95 Å². The third-order valence-electron chi connectivity index (χ3n) is 4.53. The van der Waals surface area contributed by atoms with Gasteiger partial charge in [-0.15, -0.1) is 10.2 Å². The van der Waals surface area contributed by atoms with Crippen LogP contribution in [0.5, 0.6) is 0 Å². The van der Waals surface area contributed by atoms with Crippen LogP contribution in [-0.4, -0.2) is 41.1 Å². The van der Waals surface area contributed by atoms with Crippen LogP contribution in [0.15, 0.2) is 23.4 Å². The molecular weight excluding hydrogens is 346 g/mol. The zero-order chi connectivity index (χ0) is 17.4. The Morgan fingerprint density at radius 1 is 1.20 bits per heavy atom. The summed E-state index contributed by atoms with van der Waals surface area (Å²) in [4.78, 5) is 2.19. The molecule has 2 fully saturated rings. The minimum absolute atomic E-state index is 0.255. The highest BCUT2D eigenvalue weighted by molar-refractivity contribution is 7.99. The SMILES string of the molecule is C[C@@H](Sc1nnc(N2CCOCC2)n1C1CC1)c1cc(F)ccc1F. The maximum absolute atomic E-state index is 14.0. The second-order valence-corrected chi connectivity index (χ2v) is 7.72. The molecule has 2 heterocycles. The van der Waals surface area contributed by atoms with Gasteiger partial charge in [0.1, 0.15) is 11.6 Å². The van der Waals surface area contributed by atoms with E-state index in [1.807, 2.05) is 6.92 Å². The van der Waals surface area contributed by atoms with Crippen molar-refractivity contribution >= 4 is 17.7 Å². The van der Waals surface area contributed by atoms with Crippen molar-refractivity contribution in [2.24, 2.45) is 0 Å². The van der Waals surface area contributed by atoms with Crippen LogP contribution in [-0.2, 0) is 4.74 Å². The Bertz CT molecular complexity index is 759. The van der Waals surface area contributed by atoms with Crippen LogP contribution < -0.4 is 4.90 Å². The Morgan fingerprint density at radius 2 is 1.96 bits per heavy atom. The lowest BCUT2D eigenvalue weighted by molar-refractivity contribution is 0.121. The van der Waals surface area contributed by atoms with Gasteiger partial charge in [-0.25, -0.2) is 8.78 Å². The molecule has 2 aliphatic rings. The maximum atomic E-state index is 14.0. The molecule has 1 aliphatic carbocycles. The number of halogens is 2. The number of morpholine rings is 1. The lowest BCUT2D eigenvalue weighted by Gasteiger charge is -2.28. The van der Waals surface area contributed by atoms with Gasteiger partial charge in [-0.1, -0.05) is 11.8 Å². The molecule has 0 N–H and O–H groups in total. The van der Waals surface area contributed by atoms with Crippen LogP contribution in [0.3, 0.4) is 0 Å². The van der Waals surface area contributed by atoms with Gasteiger partial charge < -0.3 is 9.64 Å². The Balaban J connectivity index is 1.60. The molecule has 1 saturated heterocycles. The first-order valence-electron chi connectivity index (χ1n) is 8.52. The largest absolute Gasteiger partial charge is 0.378 e. The van der Waals surface area contributed by atoms with Gasteiger partial charge in [0.05, 0.1) is 13.2 Å². The van der Waals surface area contributed by atoms with E-state index in [0.29, 0.717) is 24.8 Å². The summed E-state index contributed by atoms with van der Waals surface area (Å²) >= 11 is 1.42. The summed E-state index contributed by atoms with van der Waals surface area (Å²) in [5.74, 6) is 0.0361. The third kappa shape index (κ3) is 3.50. The van der Waals surface area contributed by atoms with E-state index >= 15 is 0 Å². The first-order chi connectivity index (χ1) is 12.1. The quantitative estimate of drug-likeness (QED) is 0.757. The zero-order valence-corrected chi connectivity index (χ0v) is 14.8. The van der Waals surface area contributed by atoms with E-state index in [2.05, 4.69) is 19.7 Å². The van der Waals surface area contributed by atoms with Crippen LogP contribution in [0.2, 0.25) is 0 Å². The molecule has 1 aromatic carbocycles. The lowest BCUT2D eigenvalue weighted by Crippen LogP contribution is -2.38. The number of hydrogen-bond donors (Lipinski definition) is 0. The highest BCUT2D eigenvalue weighted by Gasteiger charge is 2.33. The van der Waals surface area contributed by atoms with Gasteiger partial charge in [0.25, 0.3) is 0 Å². The molecule has 0 unspecified atom stereocenters. The Hall–Kier alpha value is -1.67. The van der Waals surface area contributed by atoms with E-state index in [1.165, 1.54) is 23.9 Å². The number of anilines is 1. The molecular formula is C17H20F2N4OS. The molecule has 0 radical (unpaired) electrons. The molecule has 1 aromatic heterocycles. The third-order valence-corrected chi connectivity index (χ3v) is 5.63. The van der Waals surface area contributed by atoms with Crippen LogP contribution in [0.25, 0.3) is 0 Å². The van der Waals surface area contributed by atoms with E-state index in [4.69, 9.17) is 4.74 Å². The Labute approximate surface area is 149 Å². The molecule has 2 aromatic rings. The number of nitrogens with zero attached hydrogens (tertiary/aromatic N) is 4. The molecule has 0 amide bonds. The molecule has 8 heteroatoms. The second-order valence-electron chi connectivity index (χ2n) is 6.41. The van der Waals surface area contributed by atoms with Crippen LogP contribution in [0.1, 0.15) is 36.6 Å². The van der Waals surface area contributed by atoms with E-state index in [9.17, 15) is 8.78 Å². The molecule has 1 aliphatic heterocycles. The summed E-state index contributed by atoms with van der Waals surface area (Å²) < 4.78 is 35.1. The van der Waals surface area contributed by atoms with Gasteiger partial charge in [-0.3, -0.25) is 4.57 Å². The van der Waals surface area contributed by atoms with E-state index in [0.717, 1.165) is 43.1 Å². The average molecular weight is 366 g/mol. The lowest BCUT2D eigenvalue weighted by atomic mass is 10.1. The standard InChI is InChI=1S/C17H20F2N4OS/c1-11(14-10-12(18)2-5-15(14)19)25-17-21-20-16(23(17)13-3-4-13)22-6-8-24-9-7-22/h2,5,10-11,13H,3-4,6-9H2,1H3/t11-/m1/s1. The summed E-state index contributed by atoms with van der Waals surface area (Å²) in [5, 5.41) is 9.24. The molecule has 0 spiro atoms. The maximum Gasteiger partial charge on any atom is 0.228 e. The predicted molar refractivity (Wildman–Crippen MR) is 92.0 cm³/mol. The molecule has 1 atom stereocenters. The molecule has 0 bridgehead atoms. The normalized spacial score (nSPS) is 19.2. The molecule has 1 saturated carbocycles. The topological polar surface area (TPSA) is 43.2 Å². The summed E-state index contributed by atoms with van der Waals surface area (Å²) in [6.07, 6.45) is 2.21. The van der Waals surface area contributed by atoms with Crippen molar-refractivity contribution in [3.05, 3.63) is 35.4 Å². The number of rotatable bonds is 5. The van der Waals surface area contributed by atoms with E-state index in [-0.39, 0.29) is 5.25 Å². The number of benzene rings is 1. The van der Waals surface area contributed by atoms with Crippen molar-refractivity contribution in [3.63, 3.8) is 0 Å². The molecule has 134 valence electrons. The smallest absolute Gasteiger partial charge is 0.228 e. The van der Waals surface area contributed by atoms with Crippen molar-refractivity contribution < 1.29 is 13.5 Å². The van der Waals surface area contributed by atoms with Crippen molar-refractivity contribution in [1.82, 2.24) is 14.8 Å². The van der Waals surface area contributed by atoms with Gasteiger partial charge in [0, 0.05) is 29.9 Å². The number of thioether (sulfide) groups is 1. The van der Waals surface area contributed by atoms with Crippen molar-refractivity contribution in [3.8, 4) is 0 Å². The Kier molecular flexibility index (Phi) is 4.64. The number of aromatic nitrogens is 3. The molecule has 5 nitrogen and oxygen atoms in total. The summed E-state index contributed by atoms with van der Waals surface area (Å²) in [5.41, 5.74) is 0.350. The average Bonchev–Trinajstić information content (AvgIpc) is 3.38. The molecule has 4 rings (SSSR count). The van der Waals surface area contributed by atoms with Crippen molar-refractivity contribution in [2.75, 3.05) is 31.2 Å². The highest BCUT2D eigenvalue weighted by Crippen LogP contribution is 2.44. The fraction of sp³-hybridized carbons (Fsp3) is 0.529. The van der Waals surface area contributed by atoms with Gasteiger partial charge in [-0.2, -0.15) is 0 Å². The van der Waals surface area contributed by atoms with Crippen LogP contribution >= 0.6 is 11.8 Å². The fourth-order valence-electron chi connectivity index (χ4n) is 3.03. The Morgan fingerprint density at radius 3 is 2.68 bits per heavy atom. The van der Waals surface area contributed by atoms with Crippen molar-refractivity contribution in [1.29, 1.82) is 0 Å². The first-order valence-corrected chi connectivity index (χ1v) is 9.40. The minimum atomic E-state index is -0.429. The zero-order valence-electron chi connectivity index (χ0n) is 14.0. The number of ether oxygens (including phenoxy) is 1. The monoisotopic (exact) mass is 366 g/mol. The van der Waals surface area contributed by atoms with Gasteiger partial charge in [-0.05, 0) is 38.0 Å². The summed E-state index contributed by atoms with van der Waals surface area (Å²) in [7, 11) is 0. The van der Waals surface area contributed by atoms with Gasteiger partial charge in [0.15, 0.2) is 5.16 Å². The highest BCUT2D eigenvalue weighted by atomic mass is 32.2. The summed E-state index contributed by atoms with van der Waals surface area (Å²) in [6.45, 7) is 4.83. The summed E-state index contributed by atoms with van der Waals surface area (Å²) in [6, 6.07) is 3.97. The minimum Gasteiger partial charge on any atom is -0.378 e.